The van der Waals surface area contributed by atoms with Crippen LogP contribution >= 0.6 is 0 Å². The summed E-state index contributed by atoms with van der Waals surface area (Å²) >= 11 is 0. The van der Waals surface area contributed by atoms with Crippen LogP contribution in [-0.2, 0) is 17.9 Å². The van der Waals surface area contributed by atoms with Gasteiger partial charge in [0.25, 0.3) is 0 Å². The summed E-state index contributed by atoms with van der Waals surface area (Å²) < 4.78 is 5.15. The fraction of sp³-hybridized carbons (Fsp3) is 0.333. The minimum absolute atomic E-state index is 0.0447. The molecule has 0 unspecified atom stereocenters. The second-order valence-corrected chi connectivity index (χ2v) is 5.90. The van der Waals surface area contributed by atoms with Crippen molar-refractivity contribution in [3.8, 4) is 0 Å². The van der Waals surface area contributed by atoms with E-state index < -0.39 is 5.97 Å². The maximum atomic E-state index is 12.4. The number of aromatic carboxylic acids is 1. The van der Waals surface area contributed by atoms with E-state index in [0.717, 1.165) is 25.9 Å². The highest BCUT2D eigenvalue weighted by Gasteiger charge is 2.30. The van der Waals surface area contributed by atoms with Gasteiger partial charge in [0, 0.05) is 6.54 Å². The first-order valence-corrected chi connectivity index (χ1v) is 8.01. The number of carbonyl (C=O) groups excluding carboxylic acids is 1. The Morgan fingerprint density at radius 1 is 1.21 bits per heavy atom. The van der Waals surface area contributed by atoms with Gasteiger partial charge in [-0.25, -0.2) is 4.79 Å². The number of carboxylic acid groups (broad SMARTS) is 1. The van der Waals surface area contributed by atoms with Gasteiger partial charge in [0.2, 0.25) is 11.7 Å². The monoisotopic (exact) mass is 328 g/mol. The zero-order valence-electron chi connectivity index (χ0n) is 13.3. The fourth-order valence-electron chi connectivity index (χ4n) is 3.01. The van der Waals surface area contributed by atoms with E-state index in [4.69, 9.17) is 9.52 Å². The number of amides is 1. The van der Waals surface area contributed by atoms with Crippen molar-refractivity contribution in [2.45, 2.75) is 32.0 Å². The number of nitrogens with one attached hydrogen (secondary N) is 1. The van der Waals surface area contributed by atoms with Crippen LogP contribution in [0, 0.1) is 0 Å². The highest BCUT2D eigenvalue weighted by atomic mass is 16.4. The molecule has 0 spiro atoms. The average molecular weight is 328 g/mol. The van der Waals surface area contributed by atoms with E-state index in [9.17, 15) is 9.59 Å². The van der Waals surface area contributed by atoms with Crippen molar-refractivity contribution in [3.05, 3.63) is 59.5 Å². The number of likely N-dealkylation sites (tertiary alicyclic amines) is 1. The molecule has 1 saturated heterocycles. The van der Waals surface area contributed by atoms with E-state index in [-0.39, 0.29) is 24.3 Å². The highest BCUT2D eigenvalue weighted by molar-refractivity contribution is 5.84. The zero-order chi connectivity index (χ0) is 16.9. The Bertz CT molecular complexity index is 711. The molecule has 0 aliphatic carbocycles. The van der Waals surface area contributed by atoms with Crippen molar-refractivity contribution >= 4 is 11.9 Å². The second kappa shape index (κ2) is 7.31. The molecule has 1 aromatic heterocycles. The summed E-state index contributed by atoms with van der Waals surface area (Å²) in [6.45, 7) is 1.85. The molecule has 6 heteroatoms. The van der Waals surface area contributed by atoms with E-state index in [1.54, 1.807) is 6.07 Å². The molecule has 1 amide bonds. The second-order valence-electron chi connectivity index (χ2n) is 5.90. The molecule has 1 fully saturated rings. The highest BCUT2D eigenvalue weighted by Crippen LogP contribution is 2.20. The Labute approximate surface area is 140 Å². The van der Waals surface area contributed by atoms with Crippen molar-refractivity contribution in [1.29, 1.82) is 0 Å². The van der Waals surface area contributed by atoms with Crippen molar-refractivity contribution < 1.29 is 19.1 Å². The number of rotatable bonds is 6. The molecule has 0 bridgehead atoms. The molecule has 1 aromatic carbocycles. The van der Waals surface area contributed by atoms with Gasteiger partial charge >= 0.3 is 5.97 Å². The number of carboxylic acids is 1. The Balaban J connectivity index is 1.56. The van der Waals surface area contributed by atoms with Crippen molar-refractivity contribution in [2.75, 3.05) is 6.54 Å². The molecule has 2 aromatic rings. The van der Waals surface area contributed by atoms with E-state index in [1.165, 1.54) is 11.6 Å². The molecule has 24 heavy (non-hydrogen) atoms. The molecular formula is C18H20N2O4. The normalized spacial score (nSPS) is 17.8. The Kier molecular flexibility index (Phi) is 4.96. The zero-order valence-corrected chi connectivity index (χ0v) is 13.3. The predicted molar refractivity (Wildman–Crippen MR) is 87.4 cm³/mol. The van der Waals surface area contributed by atoms with Crippen LogP contribution in [0.15, 0.2) is 46.9 Å². The van der Waals surface area contributed by atoms with Gasteiger partial charge < -0.3 is 14.8 Å². The number of hydrogen-bond acceptors (Lipinski definition) is 4. The number of nitrogens with zero attached hydrogens (tertiary/aromatic N) is 1. The first-order valence-electron chi connectivity index (χ1n) is 8.01. The molecule has 3 rings (SSSR count). The number of hydrogen-bond donors (Lipinski definition) is 2. The van der Waals surface area contributed by atoms with Crippen LogP contribution in [0.3, 0.4) is 0 Å². The van der Waals surface area contributed by atoms with Crippen LogP contribution < -0.4 is 5.32 Å². The Morgan fingerprint density at radius 3 is 2.71 bits per heavy atom. The average Bonchev–Trinajstić information content (AvgIpc) is 3.23. The third kappa shape index (κ3) is 3.83. The molecule has 2 heterocycles. The predicted octanol–water partition coefficient (Wildman–Crippen LogP) is 2.26. The summed E-state index contributed by atoms with van der Waals surface area (Å²) in [5.41, 5.74) is 1.19. The quantitative estimate of drug-likeness (QED) is 0.850. The van der Waals surface area contributed by atoms with Crippen molar-refractivity contribution in [3.63, 3.8) is 0 Å². The van der Waals surface area contributed by atoms with E-state index in [2.05, 4.69) is 22.3 Å². The van der Waals surface area contributed by atoms with Gasteiger partial charge in [0.05, 0.1) is 12.6 Å². The summed E-state index contributed by atoms with van der Waals surface area (Å²) in [6, 6.07) is 12.9. The SMILES string of the molecule is O=C(O)c1ccc(CNC(=O)[C@@H]2CCCN2Cc2ccccc2)o1. The molecular weight excluding hydrogens is 308 g/mol. The smallest absolute Gasteiger partial charge is 0.371 e. The fourth-order valence-corrected chi connectivity index (χ4v) is 3.01. The molecule has 0 saturated carbocycles. The van der Waals surface area contributed by atoms with Crippen LogP contribution in [0.4, 0.5) is 0 Å². The molecule has 1 aliphatic heterocycles. The van der Waals surface area contributed by atoms with Crippen LogP contribution in [0.5, 0.6) is 0 Å². The number of carbonyl (C=O) groups is 2. The van der Waals surface area contributed by atoms with Gasteiger partial charge in [0.15, 0.2) is 0 Å². The lowest BCUT2D eigenvalue weighted by molar-refractivity contribution is -0.125. The number of benzene rings is 1. The molecule has 6 nitrogen and oxygen atoms in total. The molecule has 1 atom stereocenters. The molecule has 126 valence electrons. The van der Waals surface area contributed by atoms with Crippen LogP contribution in [0.25, 0.3) is 0 Å². The Hall–Kier alpha value is -2.60. The lowest BCUT2D eigenvalue weighted by Crippen LogP contribution is -2.42. The van der Waals surface area contributed by atoms with Crippen molar-refractivity contribution in [2.24, 2.45) is 0 Å². The van der Waals surface area contributed by atoms with E-state index in [1.807, 2.05) is 18.2 Å². The maximum Gasteiger partial charge on any atom is 0.371 e. The summed E-state index contributed by atoms with van der Waals surface area (Å²) in [4.78, 5) is 25.4. The number of furan rings is 1. The van der Waals surface area contributed by atoms with Gasteiger partial charge in [-0.1, -0.05) is 30.3 Å². The molecule has 2 N–H and O–H groups in total. The van der Waals surface area contributed by atoms with E-state index in [0.29, 0.717) is 5.76 Å². The minimum atomic E-state index is -1.11. The van der Waals surface area contributed by atoms with Crippen molar-refractivity contribution in [1.82, 2.24) is 10.2 Å². The van der Waals surface area contributed by atoms with Crippen LogP contribution in [0.1, 0.15) is 34.7 Å². The lowest BCUT2D eigenvalue weighted by atomic mass is 10.1. The van der Waals surface area contributed by atoms with Crippen LogP contribution in [0.2, 0.25) is 0 Å². The van der Waals surface area contributed by atoms with Crippen LogP contribution in [-0.4, -0.2) is 34.5 Å². The molecule has 1 aliphatic rings. The summed E-state index contributed by atoms with van der Waals surface area (Å²) in [6.07, 6.45) is 1.83. The third-order valence-corrected chi connectivity index (χ3v) is 4.20. The minimum Gasteiger partial charge on any atom is -0.475 e. The largest absolute Gasteiger partial charge is 0.475 e. The van der Waals surface area contributed by atoms with Gasteiger partial charge in [-0.05, 0) is 37.1 Å². The van der Waals surface area contributed by atoms with Gasteiger partial charge in [-0.2, -0.15) is 0 Å². The maximum absolute atomic E-state index is 12.4. The van der Waals surface area contributed by atoms with Gasteiger partial charge in [-0.3, -0.25) is 9.69 Å². The third-order valence-electron chi connectivity index (χ3n) is 4.20. The van der Waals surface area contributed by atoms with E-state index >= 15 is 0 Å². The Morgan fingerprint density at radius 2 is 2.00 bits per heavy atom. The first kappa shape index (κ1) is 16.3. The topological polar surface area (TPSA) is 82.8 Å². The lowest BCUT2D eigenvalue weighted by Gasteiger charge is -2.23. The standard InChI is InChI=1S/C18H20N2O4/c21-17(19-11-14-8-9-16(24-14)18(22)23)15-7-4-10-20(15)12-13-5-2-1-3-6-13/h1-3,5-6,8-9,15H,4,7,10-12H2,(H,19,21)(H,22,23)/t15-/m0/s1. The molecule has 0 radical (unpaired) electrons. The summed E-state index contributed by atoms with van der Waals surface area (Å²) in [5.74, 6) is -0.840. The summed E-state index contributed by atoms with van der Waals surface area (Å²) in [5, 5.41) is 11.7. The first-order chi connectivity index (χ1) is 11.6. The summed E-state index contributed by atoms with van der Waals surface area (Å²) in [7, 11) is 0. The van der Waals surface area contributed by atoms with Gasteiger partial charge in [-0.15, -0.1) is 0 Å². The van der Waals surface area contributed by atoms with Gasteiger partial charge in [0.1, 0.15) is 5.76 Å².